The van der Waals surface area contributed by atoms with Crippen LogP contribution in [0, 0.1) is 5.82 Å². The maximum Gasteiger partial charge on any atom is 0.136 e. The second-order valence-corrected chi connectivity index (χ2v) is 5.56. The summed E-state index contributed by atoms with van der Waals surface area (Å²) in [5, 5.41) is 12.6. The van der Waals surface area contributed by atoms with Gasteiger partial charge in [0.05, 0.1) is 6.61 Å². The summed E-state index contributed by atoms with van der Waals surface area (Å²) in [5.74, 6) is 0.713. The summed E-state index contributed by atoms with van der Waals surface area (Å²) in [6, 6.07) is 6.84. The van der Waals surface area contributed by atoms with Gasteiger partial charge in [0, 0.05) is 10.4 Å². The first-order chi connectivity index (χ1) is 8.67. The standard InChI is InChI=1S/C14H22FNOS/c1-3-14(11-17,16-2)9-6-10-18-13-8-5-4-7-12(13)15/h4-5,7-8,16-17H,3,6,9-11H2,1-2H3. The van der Waals surface area contributed by atoms with Crippen molar-refractivity contribution >= 4 is 11.8 Å². The van der Waals surface area contributed by atoms with Gasteiger partial charge in [-0.15, -0.1) is 11.8 Å². The molecule has 1 unspecified atom stereocenters. The van der Waals surface area contributed by atoms with E-state index in [0.717, 1.165) is 25.0 Å². The fourth-order valence-corrected chi connectivity index (χ4v) is 2.79. The van der Waals surface area contributed by atoms with Crippen molar-refractivity contribution in [3.8, 4) is 0 Å². The van der Waals surface area contributed by atoms with E-state index in [1.807, 2.05) is 13.1 Å². The summed E-state index contributed by atoms with van der Waals surface area (Å²) in [5.41, 5.74) is -0.185. The number of rotatable bonds is 8. The van der Waals surface area contributed by atoms with Crippen LogP contribution in [0.15, 0.2) is 29.2 Å². The van der Waals surface area contributed by atoms with E-state index in [-0.39, 0.29) is 18.0 Å². The van der Waals surface area contributed by atoms with Gasteiger partial charge < -0.3 is 10.4 Å². The number of aliphatic hydroxyl groups excluding tert-OH is 1. The van der Waals surface area contributed by atoms with Crippen LogP contribution in [0.5, 0.6) is 0 Å². The number of benzene rings is 1. The predicted molar refractivity (Wildman–Crippen MR) is 75.5 cm³/mol. The molecular formula is C14H22FNOS. The van der Waals surface area contributed by atoms with Crippen LogP contribution < -0.4 is 5.32 Å². The molecule has 0 aliphatic carbocycles. The molecule has 102 valence electrons. The van der Waals surface area contributed by atoms with Crippen molar-refractivity contribution in [2.75, 3.05) is 19.4 Å². The number of hydrogen-bond acceptors (Lipinski definition) is 3. The van der Waals surface area contributed by atoms with Gasteiger partial charge in [-0.2, -0.15) is 0 Å². The van der Waals surface area contributed by atoms with Gasteiger partial charge in [0.25, 0.3) is 0 Å². The SMILES string of the molecule is CCC(CO)(CCCSc1ccccc1F)NC. The van der Waals surface area contributed by atoms with E-state index in [9.17, 15) is 9.50 Å². The Morgan fingerprint density at radius 1 is 1.39 bits per heavy atom. The zero-order chi connectivity index (χ0) is 13.4. The Morgan fingerprint density at radius 2 is 2.11 bits per heavy atom. The molecule has 0 saturated carbocycles. The van der Waals surface area contributed by atoms with Crippen LogP contribution in [0.2, 0.25) is 0 Å². The van der Waals surface area contributed by atoms with Gasteiger partial charge in [0.2, 0.25) is 0 Å². The van der Waals surface area contributed by atoms with E-state index in [1.165, 1.54) is 17.8 Å². The molecule has 0 amide bonds. The molecule has 0 heterocycles. The van der Waals surface area contributed by atoms with Crippen molar-refractivity contribution in [2.24, 2.45) is 0 Å². The van der Waals surface area contributed by atoms with E-state index in [0.29, 0.717) is 4.90 Å². The zero-order valence-corrected chi connectivity index (χ0v) is 11.9. The van der Waals surface area contributed by atoms with Crippen LogP contribution in [0.4, 0.5) is 4.39 Å². The van der Waals surface area contributed by atoms with Gasteiger partial charge in [-0.3, -0.25) is 0 Å². The molecular weight excluding hydrogens is 249 g/mol. The molecule has 2 N–H and O–H groups in total. The molecule has 0 spiro atoms. The Kier molecular flexibility index (Phi) is 6.68. The Labute approximate surface area is 113 Å². The Morgan fingerprint density at radius 3 is 2.67 bits per heavy atom. The number of halogens is 1. The van der Waals surface area contributed by atoms with Crippen LogP contribution in [-0.2, 0) is 0 Å². The molecule has 1 aromatic carbocycles. The molecule has 0 aliphatic heterocycles. The Balaban J connectivity index is 2.37. The molecule has 0 aromatic heterocycles. The third-order valence-corrected chi connectivity index (χ3v) is 4.54. The molecule has 0 bridgehead atoms. The van der Waals surface area contributed by atoms with Gasteiger partial charge in [0.15, 0.2) is 0 Å². The summed E-state index contributed by atoms with van der Waals surface area (Å²) < 4.78 is 13.4. The summed E-state index contributed by atoms with van der Waals surface area (Å²) in [6.45, 7) is 2.21. The minimum atomic E-state index is -0.185. The van der Waals surface area contributed by atoms with Gasteiger partial charge in [-0.1, -0.05) is 19.1 Å². The summed E-state index contributed by atoms with van der Waals surface area (Å²) >= 11 is 1.53. The van der Waals surface area contributed by atoms with Crippen molar-refractivity contribution in [1.29, 1.82) is 0 Å². The largest absolute Gasteiger partial charge is 0.394 e. The van der Waals surface area contributed by atoms with Crippen LogP contribution in [0.25, 0.3) is 0 Å². The highest BCUT2D eigenvalue weighted by Crippen LogP contribution is 2.24. The van der Waals surface area contributed by atoms with Crippen molar-refractivity contribution in [1.82, 2.24) is 5.32 Å². The monoisotopic (exact) mass is 271 g/mol. The maximum absolute atomic E-state index is 13.4. The molecule has 0 fully saturated rings. The van der Waals surface area contributed by atoms with E-state index < -0.39 is 0 Å². The Bertz CT molecular complexity index is 347. The lowest BCUT2D eigenvalue weighted by atomic mass is 9.92. The molecule has 4 heteroatoms. The fourth-order valence-electron chi connectivity index (χ4n) is 1.90. The number of aliphatic hydroxyl groups is 1. The average molecular weight is 271 g/mol. The average Bonchev–Trinajstić information content (AvgIpc) is 2.42. The summed E-state index contributed by atoms with van der Waals surface area (Å²) in [7, 11) is 1.88. The van der Waals surface area contributed by atoms with Crippen LogP contribution in [0.1, 0.15) is 26.2 Å². The first kappa shape index (κ1) is 15.5. The summed E-state index contributed by atoms with van der Waals surface area (Å²) in [6.07, 6.45) is 2.75. The Hall–Kier alpha value is -0.580. The van der Waals surface area contributed by atoms with Crippen molar-refractivity contribution in [2.45, 2.75) is 36.6 Å². The van der Waals surface area contributed by atoms with Gasteiger partial charge >= 0.3 is 0 Å². The van der Waals surface area contributed by atoms with E-state index in [4.69, 9.17) is 0 Å². The maximum atomic E-state index is 13.4. The normalized spacial score (nSPS) is 14.4. The van der Waals surface area contributed by atoms with E-state index >= 15 is 0 Å². The number of likely N-dealkylation sites (N-methyl/N-ethyl adjacent to an activating group) is 1. The van der Waals surface area contributed by atoms with Crippen LogP contribution in [0.3, 0.4) is 0 Å². The van der Waals surface area contributed by atoms with E-state index in [1.54, 1.807) is 12.1 Å². The quantitative estimate of drug-likeness (QED) is 0.563. The third-order valence-electron chi connectivity index (χ3n) is 3.40. The lowest BCUT2D eigenvalue weighted by Crippen LogP contribution is -2.45. The first-order valence-electron chi connectivity index (χ1n) is 6.34. The minimum Gasteiger partial charge on any atom is -0.394 e. The second kappa shape index (κ2) is 7.77. The highest BCUT2D eigenvalue weighted by molar-refractivity contribution is 7.99. The lowest BCUT2D eigenvalue weighted by Gasteiger charge is -2.30. The number of nitrogens with one attached hydrogen (secondary N) is 1. The summed E-state index contributed by atoms with van der Waals surface area (Å²) in [4.78, 5) is 0.702. The van der Waals surface area contributed by atoms with Gasteiger partial charge in [-0.25, -0.2) is 4.39 Å². The molecule has 1 atom stereocenters. The third kappa shape index (κ3) is 4.26. The van der Waals surface area contributed by atoms with Gasteiger partial charge in [0.1, 0.15) is 5.82 Å². The highest BCUT2D eigenvalue weighted by Gasteiger charge is 2.24. The van der Waals surface area contributed by atoms with Crippen molar-refractivity contribution in [3.63, 3.8) is 0 Å². The van der Waals surface area contributed by atoms with Gasteiger partial charge in [-0.05, 0) is 44.2 Å². The predicted octanol–water partition coefficient (Wildman–Crippen LogP) is 3.06. The van der Waals surface area contributed by atoms with Crippen molar-refractivity contribution < 1.29 is 9.50 Å². The minimum absolute atomic E-state index is 0.143. The number of thioether (sulfide) groups is 1. The molecule has 1 aromatic rings. The molecule has 1 rings (SSSR count). The van der Waals surface area contributed by atoms with Crippen LogP contribution in [-0.4, -0.2) is 30.1 Å². The smallest absolute Gasteiger partial charge is 0.136 e. The molecule has 18 heavy (non-hydrogen) atoms. The lowest BCUT2D eigenvalue weighted by molar-refractivity contribution is 0.154. The molecule has 2 nitrogen and oxygen atoms in total. The highest BCUT2D eigenvalue weighted by atomic mass is 32.2. The molecule has 0 radical (unpaired) electrons. The second-order valence-electron chi connectivity index (χ2n) is 4.42. The zero-order valence-electron chi connectivity index (χ0n) is 11.1. The topological polar surface area (TPSA) is 32.3 Å². The van der Waals surface area contributed by atoms with Crippen molar-refractivity contribution in [3.05, 3.63) is 30.1 Å². The number of hydrogen-bond donors (Lipinski definition) is 2. The fraction of sp³-hybridized carbons (Fsp3) is 0.571. The first-order valence-corrected chi connectivity index (χ1v) is 7.33. The molecule has 0 aliphatic rings. The van der Waals surface area contributed by atoms with Crippen LogP contribution >= 0.6 is 11.8 Å². The van der Waals surface area contributed by atoms with E-state index in [2.05, 4.69) is 12.2 Å². The molecule has 0 saturated heterocycles.